The lowest BCUT2D eigenvalue weighted by Gasteiger charge is -2.40. The molecule has 0 aromatic heterocycles. The molecular weight excluding hydrogens is 578 g/mol. The lowest BCUT2D eigenvalue weighted by Crippen LogP contribution is -2.55. The Kier molecular flexibility index (Phi) is 7.66. The third-order valence-corrected chi connectivity index (χ3v) is 9.74. The molecule has 224 valence electrons. The molecule has 1 saturated heterocycles. The van der Waals surface area contributed by atoms with Crippen molar-refractivity contribution in [1.29, 1.82) is 0 Å². The number of para-hydroxylation sites is 1. The van der Waals surface area contributed by atoms with Crippen LogP contribution in [0.5, 0.6) is 5.75 Å². The van der Waals surface area contributed by atoms with Crippen LogP contribution in [-0.4, -0.2) is 83.5 Å². The number of carbonyl (C=O) groups excluding carboxylic acids is 3. The van der Waals surface area contributed by atoms with Gasteiger partial charge in [-0.2, -0.15) is 0 Å². The largest absolute Gasteiger partial charge is 0.497 e. The topological polar surface area (TPSA) is 141 Å². The number of esters is 3. The van der Waals surface area contributed by atoms with Crippen molar-refractivity contribution in [2.45, 2.75) is 35.7 Å². The molecule has 3 heterocycles. The molecule has 0 N–H and O–H groups in total. The number of sulfonamides is 1. The molecule has 3 atom stereocenters. The lowest BCUT2D eigenvalue weighted by atomic mass is 9.69. The number of nitrogens with zero attached hydrogens (tertiary/aromatic N) is 3. The van der Waals surface area contributed by atoms with E-state index in [1.54, 1.807) is 36.1 Å². The minimum Gasteiger partial charge on any atom is -0.497 e. The minimum absolute atomic E-state index is 0.107. The summed E-state index contributed by atoms with van der Waals surface area (Å²) in [4.78, 5) is 46.3. The summed E-state index contributed by atoms with van der Waals surface area (Å²) in [6.07, 6.45) is -0.152. The van der Waals surface area contributed by atoms with Gasteiger partial charge in [-0.3, -0.25) is 0 Å². The second-order valence-corrected chi connectivity index (χ2v) is 11.7. The molecule has 43 heavy (non-hydrogen) atoms. The molecule has 0 bridgehead atoms. The van der Waals surface area contributed by atoms with Crippen LogP contribution in [0.2, 0.25) is 0 Å². The summed E-state index contributed by atoms with van der Waals surface area (Å²) >= 11 is 0. The molecule has 0 radical (unpaired) electrons. The Hall–Kier alpha value is -4.83. The van der Waals surface area contributed by atoms with E-state index < -0.39 is 51.1 Å². The number of rotatable bonds is 7. The summed E-state index contributed by atoms with van der Waals surface area (Å²) in [5.74, 6) is 3.46. The van der Waals surface area contributed by atoms with Crippen LogP contribution in [0.1, 0.15) is 18.9 Å². The first-order chi connectivity index (χ1) is 20.6. The fraction of sp³-hybridized carbons (Fsp3) is 0.333. The van der Waals surface area contributed by atoms with Gasteiger partial charge in [-0.1, -0.05) is 24.1 Å². The van der Waals surface area contributed by atoms with Crippen molar-refractivity contribution in [3.8, 4) is 17.6 Å². The highest BCUT2D eigenvalue weighted by Crippen LogP contribution is 2.58. The van der Waals surface area contributed by atoms with Crippen LogP contribution >= 0.6 is 0 Å². The molecule has 5 rings (SSSR count). The Balaban J connectivity index is 1.89. The number of anilines is 1. The van der Waals surface area contributed by atoms with Gasteiger partial charge >= 0.3 is 17.9 Å². The normalized spacial score (nSPS) is 21.9. The van der Waals surface area contributed by atoms with Gasteiger partial charge < -0.3 is 23.8 Å². The van der Waals surface area contributed by atoms with Crippen LogP contribution in [0.4, 0.5) is 5.69 Å². The van der Waals surface area contributed by atoms with Gasteiger partial charge in [-0.15, -0.1) is 5.92 Å². The van der Waals surface area contributed by atoms with Crippen molar-refractivity contribution in [3.63, 3.8) is 0 Å². The first kappa shape index (κ1) is 29.7. The number of hydrogen-bond acceptors (Lipinski definition) is 11. The summed E-state index contributed by atoms with van der Waals surface area (Å²) < 4.78 is 50.2. The van der Waals surface area contributed by atoms with E-state index in [1.165, 1.54) is 38.5 Å². The predicted molar refractivity (Wildman–Crippen MR) is 154 cm³/mol. The molecule has 12 nitrogen and oxygen atoms in total. The second-order valence-electron chi connectivity index (χ2n) is 9.85. The van der Waals surface area contributed by atoms with Crippen molar-refractivity contribution in [2.75, 3.05) is 39.9 Å². The van der Waals surface area contributed by atoms with E-state index >= 15 is 0 Å². The molecule has 1 fully saturated rings. The average Bonchev–Trinajstić information content (AvgIpc) is 3.53. The highest BCUT2D eigenvalue weighted by atomic mass is 32.2. The van der Waals surface area contributed by atoms with Gasteiger partial charge in [0.2, 0.25) is 0 Å². The first-order valence-electron chi connectivity index (χ1n) is 13.1. The molecule has 2 aromatic rings. The number of methoxy groups -OCH3 is 4. The van der Waals surface area contributed by atoms with Gasteiger partial charge in [0.05, 0.1) is 56.9 Å². The molecule has 0 aliphatic carbocycles. The Morgan fingerprint density at radius 2 is 1.65 bits per heavy atom. The summed E-state index contributed by atoms with van der Waals surface area (Å²) in [6, 6.07) is 10.3. The molecule has 1 spiro atoms. The molecule has 0 saturated carbocycles. The third-order valence-electron chi connectivity index (χ3n) is 7.92. The number of ether oxygens (including phenoxy) is 4. The standard InChI is InChI=1S/C30H29N3O9S/c1-6-7-16-32-21-11-9-8-10-20(21)30-17-22(26(34)40-3)33(43(37,38)19-14-12-18(39-2)13-15-19)29(30)31-24(28(36)42-5)23(25(30)32)27(35)41-4/h8-15,22,25H,16-17H2,1-5H3/t22-,25-,30-/m0/s1. The van der Waals surface area contributed by atoms with Crippen LogP contribution in [0, 0.1) is 11.8 Å². The van der Waals surface area contributed by atoms with E-state index in [-0.39, 0.29) is 29.3 Å². The van der Waals surface area contributed by atoms with Gasteiger partial charge in [0, 0.05) is 5.69 Å². The number of benzene rings is 2. The van der Waals surface area contributed by atoms with E-state index in [1.807, 2.05) is 0 Å². The Morgan fingerprint density at radius 1 is 0.977 bits per heavy atom. The maximum atomic E-state index is 14.4. The van der Waals surface area contributed by atoms with Crippen LogP contribution in [-0.2, 0) is 44.0 Å². The quantitative estimate of drug-likeness (QED) is 0.260. The highest BCUT2D eigenvalue weighted by Gasteiger charge is 2.68. The summed E-state index contributed by atoms with van der Waals surface area (Å²) in [5, 5.41) is 0. The van der Waals surface area contributed by atoms with Crippen molar-refractivity contribution in [2.24, 2.45) is 4.99 Å². The van der Waals surface area contributed by atoms with Crippen molar-refractivity contribution in [3.05, 3.63) is 65.4 Å². The zero-order chi connectivity index (χ0) is 31.1. The third kappa shape index (κ3) is 4.32. The van der Waals surface area contributed by atoms with Gasteiger partial charge in [0.1, 0.15) is 17.6 Å². The first-order valence-corrected chi connectivity index (χ1v) is 14.6. The van der Waals surface area contributed by atoms with Crippen molar-refractivity contribution < 1.29 is 41.7 Å². The molecule has 0 amide bonds. The smallest absolute Gasteiger partial charge is 0.357 e. The summed E-state index contributed by atoms with van der Waals surface area (Å²) in [7, 11) is 0.381. The lowest BCUT2D eigenvalue weighted by molar-refractivity contribution is -0.144. The average molecular weight is 608 g/mol. The van der Waals surface area contributed by atoms with Crippen LogP contribution in [0.15, 0.2) is 69.7 Å². The Morgan fingerprint density at radius 3 is 2.26 bits per heavy atom. The molecule has 2 aromatic carbocycles. The number of fused-ring (bicyclic) bond motifs is 1. The molecular formula is C30H29N3O9S. The van der Waals surface area contributed by atoms with Gasteiger partial charge in [0.25, 0.3) is 10.0 Å². The fourth-order valence-electron chi connectivity index (χ4n) is 6.16. The van der Waals surface area contributed by atoms with E-state index in [4.69, 9.17) is 18.9 Å². The van der Waals surface area contributed by atoms with Gasteiger partial charge in [-0.05, 0) is 49.2 Å². The van der Waals surface area contributed by atoms with Gasteiger partial charge in [-0.25, -0.2) is 32.1 Å². The van der Waals surface area contributed by atoms with E-state index in [2.05, 4.69) is 16.8 Å². The molecule has 13 heteroatoms. The van der Waals surface area contributed by atoms with E-state index in [0.717, 1.165) is 18.5 Å². The Bertz CT molecular complexity index is 1740. The summed E-state index contributed by atoms with van der Waals surface area (Å²) in [6.45, 7) is 1.77. The molecule has 0 unspecified atom stereocenters. The van der Waals surface area contributed by atoms with Crippen LogP contribution < -0.4 is 9.64 Å². The van der Waals surface area contributed by atoms with Gasteiger partial charge in [0.15, 0.2) is 5.70 Å². The van der Waals surface area contributed by atoms with Crippen LogP contribution in [0.25, 0.3) is 0 Å². The number of hydrogen-bond donors (Lipinski definition) is 0. The highest BCUT2D eigenvalue weighted by molar-refractivity contribution is 7.89. The number of amidine groups is 1. The maximum absolute atomic E-state index is 14.4. The molecule has 3 aliphatic heterocycles. The number of aliphatic imine (C=N–C) groups is 1. The molecule has 3 aliphatic rings. The zero-order valence-corrected chi connectivity index (χ0v) is 24.9. The SMILES string of the molecule is CC#CCN1c2ccccc2[C@]23C[C@@H](C(=O)OC)N(S(=O)(=O)c4ccc(OC)cc4)C2=NC(C(=O)OC)=C(C(=O)OC)[C@H]13. The fourth-order valence-corrected chi connectivity index (χ4v) is 7.79. The van der Waals surface area contributed by atoms with E-state index in [0.29, 0.717) is 17.0 Å². The number of carbonyl (C=O) groups is 3. The monoisotopic (exact) mass is 607 g/mol. The maximum Gasteiger partial charge on any atom is 0.357 e. The van der Waals surface area contributed by atoms with Crippen molar-refractivity contribution in [1.82, 2.24) is 4.31 Å². The second kappa shape index (κ2) is 11.1. The zero-order valence-electron chi connectivity index (χ0n) is 24.1. The van der Waals surface area contributed by atoms with Crippen molar-refractivity contribution >= 4 is 39.5 Å². The minimum atomic E-state index is -4.51. The van der Waals surface area contributed by atoms with E-state index in [9.17, 15) is 22.8 Å². The van der Waals surface area contributed by atoms with Crippen LogP contribution in [0.3, 0.4) is 0 Å². The summed E-state index contributed by atoms with van der Waals surface area (Å²) in [5.41, 5.74) is -0.760. The Labute approximate surface area is 248 Å². The predicted octanol–water partition coefficient (Wildman–Crippen LogP) is 1.79.